The fraction of sp³-hybridized carbons (Fsp3) is 0.714. The van der Waals surface area contributed by atoms with Gasteiger partial charge in [0.2, 0.25) is 0 Å². The van der Waals surface area contributed by atoms with Gasteiger partial charge in [0.25, 0.3) is 0 Å². The topological polar surface area (TPSA) is 49.5 Å². The quantitative estimate of drug-likeness (QED) is 0.548. The summed E-state index contributed by atoms with van der Waals surface area (Å²) in [6.07, 6.45) is 2.96. The highest BCUT2D eigenvalue weighted by Gasteiger charge is 2.07. The van der Waals surface area contributed by atoms with E-state index in [1.165, 1.54) is 0 Å². The first-order valence-corrected chi connectivity index (χ1v) is 3.60. The Morgan fingerprint density at radius 2 is 2.50 bits per heavy atom. The van der Waals surface area contributed by atoms with Gasteiger partial charge in [0, 0.05) is 25.3 Å². The highest BCUT2D eigenvalue weighted by atomic mass is 16.3. The minimum atomic E-state index is 0.244. The van der Waals surface area contributed by atoms with Crippen LogP contribution in [0.5, 0.6) is 0 Å². The zero-order chi connectivity index (χ0) is 7.40. The number of hydrogen-bond donors (Lipinski definition) is 2. The fourth-order valence-electron chi connectivity index (χ4n) is 1.07. The molecule has 0 aromatic carbocycles. The van der Waals surface area contributed by atoms with Crippen LogP contribution in [0, 0.1) is 0 Å². The molecule has 3 nitrogen and oxygen atoms in total. The molecule has 0 aromatic rings. The zero-order valence-electron chi connectivity index (χ0n) is 6.08. The van der Waals surface area contributed by atoms with E-state index in [9.17, 15) is 0 Å². The maximum atomic E-state index is 8.59. The van der Waals surface area contributed by atoms with E-state index in [2.05, 4.69) is 4.90 Å². The van der Waals surface area contributed by atoms with Crippen LogP contribution < -0.4 is 5.73 Å². The van der Waals surface area contributed by atoms with E-state index < -0.39 is 0 Å². The highest BCUT2D eigenvalue weighted by molar-refractivity contribution is 5.02. The molecule has 0 unspecified atom stereocenters. The average molecular weight is 142 g/mol. The molecule has 0 saturated heterocycles. The molecule has 0 bridgehead atoms. The van der Waals surface area contributed by atoms with E-state index in [4.69, 9.17) is 10.8 Å². The Hall–Kier alpha value is -0.540. The summed E-state index contributed by atoms with van der Waals surface area (Å²) in [5.74, 6) is 0. The number of rotatable bonds is 2. The van der Waals surface area contributed by atoms with Gasteiger partial charge in [0.15, 0.2) is 0 Å². The molecule has 0 aliphatic carbocycles. The second-order valence-electron chi connectivity index (χ2n) is 2.55. The standard InChI is InChI=1S/C7H14N2O/c8-7-1-3-9(4-2-7)5-6-10/h1,10H,2-6,8H2. The number of nitrogens with zero attached hydrogens (tertiary/aromatic N) is 1. The summed E-state index contributed by atoms with van der Waals surface area (Å²) in [6, 6.07) is 0. The van der Waals surface area contributed by atoms with E-state index in [0.717, 1.165) is 31.8 Å². The Morgan fingerprint density at radius 3 is 3.00 bits per heavy atom. The van der Waals surface area contributed by atoms with Crippen molar-refractivity contribution in [2.75, 3.05) is 26.2 Å². The van der Waals surface area contributed by atoms with Gasteiger partial charge in [-0.1, -0.05) is 6.08 Å². The van der Waals surface area contributed by atoms with Crippen LogP contribution in [0.2, 0.25) is 0 Å². The van der Waals surface area contributed by atoms with Crippen molar-refractivity contribution < 1.29 is 5.11 Å². The summed E-state index contributed by atoms with van der Waals surface area (Å²) >= 11 is 0. The molecule has 0 spiro atoms. The molecule has 1 rings (SSSR count). The number of β-amino-alcohol motifs (C(OH)–C–C–N with tert-alkyl or cyclic N) is 1. The van der Waals surface area contributed by atoms with Gasteiger partial charge in [-0.2, -0.15) is 0 Å². The molecule has 0 saturated carbocycles. The molecule has 1 heterocycles. The number of hydrogen-bond acceptors (Lipinski definition) is 3. The Labute approximate surface area is 61.1 Å². The summed E-state index contributed by atoms with van der Waals surface area (Å²) < 4.78 is 0. The van der Waals surface area contributed by atoms with Crippen molar-refractivity contribution in [3.05, 3.63) is 11.8 Å². The minimum Gasteiger partial charge on any atom is -0.402 e. The lowest BCUT2D eigenvalue weighted by Gasteiger charge is -2.23. The van der Waals surface area contributed by atoms with Crippen LogP contribution in [0.1, 0.15) is 6.42 Å². The third kappa shape index (κ3) is 2.01. The third-order valence-electron chi connectivity index (χ3n) is 1.74. The van der Waals surface area contributed by atoms with Crippen molar-refractivity contribution in [3.8, 4) is 0 Å². The van der Waals surface area contributed by atoms with E-state index in [1.807, 2.05) is 6.08 Å². The summed E-state index contributed by atoms with van der Waals surface area (Å²) in [4.78, 5) is 2.18. The second kappa shape index (κ2) is 3.58. The van der Waals surface area contributed by atoms with E-state index >= 15 is 0 Å². The van der Waals surface area contributed by atoms with Crippen LogP contribution in [-0.2, 0) is 0 Å². The van der Waals surface area contributed by atoms with Gasteiger partial charge in [-0.25, -0.2) is 0 Å². The van der Waals surface area contributed by atoms with Crippen LogP contribution in [0.15, 0.2) is 11.8 Å². The molecule has 0 fully saturated rings. The van der Waals surface area contributed by atoms with Gasteiger partial charge >= 0.3 is 0 Å². The van der Waals surface area contributed by atoms with Gasteiger partial charge < -0.3 is 10.8 Å². The number of aliphatic hydroxyl groups excluding tert-OH is 1. The molecule has 3 heteroatoms. The maximum absolute atomic E-state index is 8.59. The Morgan fingerprint density at radius 1 is 1.70 bits per heavy atom. The van der Waals surface area contributed by atoms with Gasteiger partial charge in [0.05, 0.1) is 6.61 Å². The number of aliphatic hydroxyl groups is 1. The van der Waals surface area contributed by atoms with Gasteiger partial charge in [-0.15, -0.1) is 0 Å². The van der Waals surface area contributed by atoms with E-state index in [0.29, 0.717) is 0 Å². The summed E-state index contributed by atoms with van der Waals surface area (Å²) in [5, 5.41) is 8.59. The average Bonchev–Trinajstić information content (AvgIpc) is 1.95. The predicted molar refractivity (Wildman–Crippen MR) is 40.4 cm³/mol. The van der Waals surface area contributed by atoms with Crippen LogP contribution in [0.3, 0.4) is 0 Å². The summed E-state index contributed by atoms with van der Waals surface area (Å²) in [7, 11) is 0. The predicted octanol–water partition coefficient (Wildman–Crippen LogP) is -0.473. The van der Waals surface area contributed by atoms with Gasteiger partial charge in [-0.05, 0) is 6.42 Å². The summed E-state index contributed by atoms with van der Waals surface area (Å²) in [6.45, 7) is 2.90. The highest BCUT2D eigenvalue weighted by Crippen LogP contribution is 2.03. The Balaban J connectivity index is 2.27. The lowest BCUT2D eigenvalue weighted by molar-refractivity contribution is 0.204. The molecule has 0 radical (unpaired) electrons. The minimum absolute atomic E-state index is 0.244. The Kier molecular flexibility index (Phi) is 2.71. The van der Waals surface area contributed by atoms with Crippen molar-refractivity contribution in [1.82, 2.24) is 4.90 Å². The molecule has 0 amide bonds. The van der Waals surface area contributed by atoms with E-state index in [-0.39, 0.29) is 6.61 Å². The van der Waals surface area contributed by atoms with Crippen molar-refractivity contribution in [1.29, 1.82) is 0 Å². The van der Waals surface area contributed by atoms with Crippen molar-refractivity contribution in [3.63, 3.8) is 0 Å². The smallest absolute Gasteiger partial charge is 0.0558 e. The van der Waals surface area contributed by atoms with E-state index in [1.54, 1.807) is 0 Å². The van der Waals surface area contributed by atoms with Gasteiger partial charge in [-0.3, -0.25) is 4.90 Å². The molecule has 1 aliphatic heterocycles. The molecule has 58 valence electrons. The molecule has 1 aliphatic rings. The Bertz CT molecular complexity index is 134. The fourth-order valence-corrected chi connectivity index (χ4v) is 1.07. The SMILES string of the molecule is NC1=CCN(CCO)CC1. The first kappa shape index (κ1) is 7.57. The molecule has 10 heavy (non-hydrogen) atoms. The molecular weight excluding hydrogens is 128 g/mol. The van der Waals surface area contributed by atoms with Crippen LogP contribution in [-0.4, -0.2) is 36.2 Å². The molecule has 0 atom stereocenters. The van der Waals surface area contributed by atoms with Crippen LogP contribution in [0.25, 0.3) is 0 Å². The lowest BCUT2D eigenvalue weighted by Crippen LogP contribution is -2.32. The largest absolute Gasteiger partial charge is 0.402 e. The normalized spacial score (nSPS) is 20.7. The van der Waals surface area contributed by atoms with Crippen molar-refractivity contribution >= 4 is 0 Å². The summed E-state index contributed by atoms with van der Waals surface area (Å²) in [5.41, 5.74) is 6.55. The van der Waals surface area contributed by atoms with Crippen molar-refractivity contribution in [2.45, 2.75) is 6.42 Å². The monoisotopic (exact) mass is 142 g/mol. The first-order valence-electron chi connectivity index (χ1n) is 3.60. The molecule has 0 aromatic heterocycles. The lowest BCUT2D eigenvalue weighted by atomic mass is 10.2. The van der Waals surface area contributed by atoms with Crippen LogP contribution >= 0.6 is 0 Å². The van der Waals surface area contributed by atoms with Crippen LogP contribution in [0.4, 0.5) is 0 Å². The second-order valence-corrected chi connectivity index (χ2v) is 2.55. The van der Waals surface area contributed by atoms with Gasteiger partial charge in [0.1, 0.15) is 0 Å². The number of nitrogens with two attached hydrogens (primary N) is 1. The zero-order valence-corrected chi connectivity index (χ0v) is 6.08. The third-order valence-corrected chi connectivity index (χ3v) is 1.74. The molecule has 3 N–H and O–H groups in total. The van der Waals surface area contributed by atoms with Crippen molar-refractivity contribution in [2.24, 2.45) is 5.73 Å². The first-order chi connectivity index (χ1) is 4.83. The molecular formula is C7H14N2O. The maximum Gasteiger partial charge on any atom is 0.0558 e.